The fraction of sp³-hybridized carbons (Fsp3) is 0.154. The lowest BCUT2D eigenvalue weighted by Gasteiger charge is -2.08. The summed E-state index contributed by atoms with van der Waals surface area (Å²) in [4.78, 5) is 3.93. The van der Waals surface area contributed by atoms with E-state index in [2.05, 4.69) is 10.3 Å². The molecule has 0 fully saturated rings. The molecule has 0 saturated heterocycles. The van der Waals surface area contributed by atoms with Crippen LogP contribution in [0.25, 0.3) is 0 Å². The predicted octanol–water partition coefficient (Wildman–Crippen LogP) is 3.88. The van der Waals surface area contributed by atoms with Gasteiger partial charge >= 0.3 is 0 Å². The molecule has 0 aliphatic rings. The minimum atomic E-state index is 0.468. The normalized spacial score (nSPS) is 10.0. The van der Waals surface area contributed by atoms with E-state index in [4.69, 9.17) is 16.3 Å². The lowest BCUT2D eigenvalue weighted by molar-refractivity contribution is 0.340. The van der Waals surface area contributed by atoms with E-state index in [0.717, 1.165) is 17.1 Å². The number of hydrogen-bond donors (Lipinski definition) is 1. The average Bonchev–Trinajstić information content (AvgIpc) is 2.30. The zero-order valence-electron chi connectivity index (χ0n) is 9.48. The summed E-state index contributed by atoms with van der Waals surface area (Å²) in [7, 11) is 0. The van der Waals surface area contributed by atoms with Gasteiger partial charge in [-0.3, -0.25) is 0 Å². The first-order valence-electron chi connectivity index (χ1n) is 5.39. The molecule has 1 heterocycles. The minimum Gasteiger partial charge on any atom is -0.494 e. The van der Waals surface area contributed by atoms with Gasteiger partial charge in [0.2, 0.25) is 0 Å². The van der Waals surface area contributed by atoms with Gasteiger partial charge in [-0.1, -0.05) is 17.7 Å². The van der Waals surface area contributed by atoms with Crippen molar-refractivity contribution in [3.05, 3.63) is 47.7 Å². The van der Waals surface area contributed by atoms with Gasteiger partial charge in [0, 0.05) is 23.6 Å². The van der Waals surface area contributed by atoms with Gasteiger partial charge in [-0.2, -0.15) is 0 Å². The molecule has 17 heavy (non-hydrogen) atoms. The minimum absolute atomic E-state index is 0.468. The monoisotopic (exact) mass is 248 g/mol. The topological polar surface area (TPSA) is 34.1 Å². The first-order chi connectivity index (χ1) is 8.28. The molecule has 0 atom stereocenters. The van der Waals surface area contributed by atoms with Crippen LogP contribution in [-0.2, 0) is 0 Å². The maximum absolute atomic E-state index is 5.82. The number of benzene rings is 1. The molecule has 3 nitrogen and oxygen atoms in total. The van der Waals surface area contributed by atoms with Gasteiger partial charge in [0.05, 0.1) is 6.61 Å². The molecule has 0 amide bonds. The average molecular weight is 249 g/mol. The second-order valence-electron chi connectivity index (χ2n) is 3.45. The molecule has 0 aliphatic carbocycles. The third kappa shape index (κ3) is 3.36. The predicted molar refractivity (Wildman–Crippen MR) is 70.1 cm³/mol. The van der Waals surface area contributed by atoms with Crippen LogP contribution in [0.2, 0.25) is 5.15 Å². The number of pyridine rings is 1. The van der Waals surface area contributed by atoms with Crippen LogP contribution >= 0.6 is 11.6 Å². The quantitative estimate of drug-likeness (QED) is 0.834. The molecule has 2 aromatic rings. The van der Waals surface area contributed by atoms with Gasteiger partial charge in [-0.05, 0) is 31.2 Å². The molecule has 0 radical (unpaired) electrons. The highest BCUT2D eigenvalue weighted by Gasteiger charge is 1.98. The van der Waals surface area contributed by atoms with Crippen molar-refractivity contribution in [3.63, 3.8) is 0 Å². The molecule has 0 bridgehead atoms. The number of halogens is 1. The SMILES string of the molecule is CCOc1cccc(Nc2ccnc(Cl)c2)c1. The largest absolute Gasteiger partial charge is 0.494 e. The van der Waals surface area contributed by atoms with E-state index in [1.54, 1.807) is 12.3 Å². The lowest BCUT2D eigenvalue weighted by atomic mass is 10.3. The Balaban J connectivity index is 2.15. The Kier molecular flexibility index (Phi) is 3.83. The Morgan fingerprint density at radius 1 is 1.24 bits per heavy atom. The Bertz CT molecular complexity index is 502. The fourth-order valence-corrected chi connectivity index (χ4v) is 1.65. The van der Waals surface area contributed by atoms with Crippen LogP contribution in [0, 0.1) is 0 Å². The van der Waals surface area contributed by atoms with Crippen molar-refractivity contribution < 1.29 is 4.74 Å². The molecule has 88 valence electrons. The summed E-state index contributed by atoms with van der Waals surface area (Å²) in [6.07, 6.45) is 1.66. The van der Waals surface area contributed by atoms with E-state index in [1.807, 2.05) is 37.3 Å². The molecular formula is C13H13ClN2O. The third-order valence-electron chi connectivity index (χ3n) is 2.16. The Labute approximate surface area is 105 Å². The van der Waals surface area contributed by atoms with Crippen molar-refractivity contribution in [2.75, 3.05) is 11.9 Å². The summed E-state index contributed by atoms with van der Waals surface area (Å²) >= 11 is 5.82. The summed E-state index contributed by atoms with van der Waals surface area (Å²) in [5.41, 5.74) is 1.86. The van der Waals surface area contributed by atoms with E-state index in [9.17, 15) is 0 Å². The molecule has 1 aromatic heterocycles. The highest BCUT2D eigenvalue weighted by atomic mass is 35.5. The fourth-order valence-electron chi connectivity index (χ4n) is 1.48. The third-order valence-corrected chi connectivity index (χ3v) is 2.37. The number of nitrogens with one attached hydrogen (secondary N) is 1. The van der Waals surface area contributed by atoms with Gasteiger partial charge in [0.15, 0.2) is 0 Å². The van der Waals surface area contributed by atoms with E-state index < -0.39 is 0 Å². The molecule has 2 rings (SSSR count). The smallest absolute Gasteiger partial charge is 0.131 e. The second kappa shape index (κ2) is 5.55. The van der Waals surface area contributed by atoms with Crippen LogP contribution in [0.3, 0.4) is 0 Å². The van der Waals surface area contributed by atoms with Crippen molar-refractivity contribution in [1.29, 1.82) is 0 Å². The number of rotatable bonds is 4. The van der Waals surface area contributed by atoms with Crippen LogP contribution in [-0.4, -0.2) is 11.6 Å². The van der Waals surface area contributed by atoms with E-state index in [-0.39, 0.29) is 0 Å². The molecule has 0 spiro atoms. The highest BCUT2D eigenvalue weighted by Crippen LogP contribution is 2.22. The van der Waals surface area contributed by atoms with Crippen LogP contribution in [0.4, 0.5) is 11.4 Å². The lowest BCUT2D eigenvalue weighted by Crippen LogP contribution is -1.94. The van der Waals surface area contributed by atoms with Crippen LogP contribution in [0.15, 0.2) is 42.6 Å². The summed E-state index contributed by atoms with van der Waals surface area (Å²) in [5.74, 6) is 0.845. The van der Waals surface area contributed by atoms with Gasteiger partial charge in [0.1, 0.15) is 10.9 Å². The van der Waals surface area contributed by atoms with Crippen molar-refractivity contribution in [2.24, 2.45) is 0 Å². The van der Waals surface area contributed by atoms with Crippen molar-refractivity contribution in [1.82, 2.24) is 4.98 Å². The van der Waals surface area contributed by atoms with Crippen molar-refractivity contribution in [3.8, 4) is 5.75 Å². The molecule has 4 heteroatoms. The molecule has 0 saturated carbocycles. The Morgan fingerprint density at radius 2 is 2.06 bits per heavy atom. The maximum Gasteiger partial charge on any atom is 0.131 e. The highest BCUT2D eigenvalue weighted by molar-refractivity contribution is 6.29. The van der Waals surface area contributed by atoms with E-state index >= 15 is 0 Å². The second-order valence-corrected chi connectivity index (χ2v) is 3.84. The summed E-state index contributed by atoms with van der Waals surface area (Å²) < 4.78 is 5.43. The number of ether oxygens (including phenoxy) is 1. The van der Waals surface area contributed by atoms with Crippen LogP contribution < -0.4 is 10.1 Å². The maximum atomic E-state index is 5.82. The standard InChI is InChI=1S/C13H13ClN2O/c1-2-17-12-5-3-4-10(8-12)16-11-6-7-15-13(14)9-11/h3-9H,2H2,1H3,(H,15,16). The summed E-state index contributed by atoms with van der Waals surface area (Å²) in [6, 6.07) is 11.4. The summed E-state index contributed by atoms with van der Waals surface area (Å²) in [6.45, 7) is 2.62. The zero-order chi connectivity index (χ0) is 12.1. The van der Waals surface area contributed by atoms with Crippen molar-refractivity contribution in [2.45, 2.75) is 6.92 Å². The Morgan fingerprint density at radius 3 is 2.82 bits per heavy atom. The zero-order valence-corrected chi connectivity index (χ0v) is 10.2. The number of aromatic nitrogens is 1. The molecule has 0 aliphatic heterocycles. The Hall–Kier alpha value is -1.74. The van der Waals surface area contributed by atoms with Gasteiger partial charge in [0.25, 0.3) is 0 Å². The van der Waals surface area contributed by atoms with Crippen LogP contribution in [0.5, 0.6) is 5.75 Å². The first kappa shape index (κ1) is 11.7. The van der Waals surface area contributed by atoms with E-state index in [1.165, 1.54) is 0 Å². The number of anilines is 2. The summed E-state index contributed by atoms with van der Waals surface area (Å²) in [5, 5.41) is 3.71. The first-order valence-corrected chi connectivity index (χ1v) is 5.77. The van der Waals surface area contributed by atoms with Crippen molar-refractivity contribution >= 4 is 23.0 Å². The number of hydrogen-bond acceptors (Lipinski definition) is 3. The molecule has 0 unspecified atom stereocenters. The van der Waals surface area contributed by atoms with Gasteiger partial charge in [-0.15, -0.1) is 0 Å². The molecule has 1 N–H and O–H groups in total. The molecule has 1 aromatic carbocycles. The molecular weight excluding hydrogens is 236 g/mol. The van der Waals surface area contributed by atoms with E-state index in [0.29, 0.717) is 11.8 Å². The number of nitrogens with zero attached hydrogens (tertiary/aromatic N) is 1. The van der Waals surface area contributed by atoms with Gasteiger partial charge < -0.3 is 10.1 Å². The van der Waals surface area contributed by atoms with Gasteiger partial charge in [-0.25, -0.2) is 4.98 Å². The van der Waals surface area contributed by atoms with Crippen LogP contribution in [0.1, 0.15) is 6.92 Å².